The molecule has 0 bridgehead atoms. The molecule has 0 aromatic heterocycles. The van der Waals surface area contributed by atoms with Crippen LogP contribution in [0.1, 0.15) is 11.1 Å². The molecule has 3 rings (SSSR count). The largest absolute Gasteiger partial charge is 0.460 e. The van der Waals surface area contributed by atoms with Gasteiger partial charge in [-0.1, -0.05) is 77.8 Å². The molecule has 3 aromatic rings. The fraction of sp³-hybridized carbons (Fsp3) is 0.136. The summed E-state index contributed by atoms with van der Waals surface area (Å²) < 4.78 is 5.29. The van der Waals surface area contributed by atoms with Crippen LogP contribution in [-0.2, 0) is 22.6 Å². The second-order valence-electron chi connectivity index (χ2n) is 6.23. The SMILES string of the molecule is NC(Cc1ccc(-c2cc(Cl)ccc2Cl)cc1)C(=O)OCc1ccccc1. The lowest BCUT2D eigenvalue weighted by atomic mass is 10.0. The van der Waals surface area contributed by atoms with Gasteiger partial charge >= 0.3 is 5.97 Å². The molecule has 0 saturated carbocycles. The predicted octanol–water partition coefficient (Wildman–Crippen LogP) is 5.27. The molecule has 0 saturated heterocycles. The highest BCUT2D eigenvalue weighted by Gasteiger charge is 2.16. The van der Waals surface area contributed by atoms with Gasteiger partial charge in [0.1, 0.15) is 12.6 Å². The number of benzene rings is 3. The Kier molecular flexibility index (Phi) is 6.51. The van der Waals surface area contributed by atoms with E-state index in [2.05, 4.69) is 0 Å². The molecule has 0 aliphatic heterocycles. The van der Waals surface area contributed by atoms with Crippen molar-refractivity contribution in [3.63, 3.8) is 0 Å². The Bertz CT molecular complexity index is 911. The number of rotatable bonds is 6. The van der Waals surface area contributed by atoms with E-state index in [4.69, 9.17) is 33.7 Å². The molecule has 3 nitrogen and oxygen atoms in total. The van der Waals surface area contributed by atoms with Gasteiger partial charge in [-0.15, -0.1) is 0 Å². The molecule has 2 N–H and O–H groups in total. The zero-order valence-corrected chi connectivity index (χ0v) is 16.1. The number of hydrogen-bond donors (Lipinski definition) is 1. The van der Waals surface area contributed by atoms with Crippen molar-refractivity contribution in [3.05, 3.63) is 94.0 Å². The van der Waals surface area contributed by atoms with Crippen LogP contribution in [-0.4, -0.2) is 12.0 Å². The number of esters is 1. The zero-order chi connectivity index (χ0) is 19.2. The third kappa shape index (κ3) is 5.33. The Morgan fingerprint density at radius 3 is 2.33 bits per heavy atom. The molecule has 0 radical (unpaired) electrons. The average Bonchev–Trinajstić information content (AvgIpc) is 2.69. The Morgan fingerprint density at radius 1 is 0.926 bits per heavy atom. The van der Waals surface area contributed by atoms with E-state index >= 15 is 0 Å². The Labute approximate surface area is 168 Å². The number of ether oxygens (including phenoxy) is 1. The highest BCUT2D eigenvalue weighted by atomic mass is 35.5. The highest BCUT2D eigenvalue weighted by Crippen LogP contribution is 2.30. The van der Waals surface area contributed by atoms with E-state index in [1.807, 2.05) is 60.7 Å². The Morgan fingerprint density at radius 2 is 1.63 bits per heavy atom. The van der Waals surface area contributed by atoms with Gasteiger partial charge in [-0.05, 0) is 41.3 Å². The van der Waals surface area contributed by atoms with Crippen molar-refractivity contribution < 1.29 is 9.53 Å². The van der Waals surface area contributed by atoms with Crippen molar-refractivity contribution in [2.75, 3.05) is 0 Å². The molecule has 1 atom stereocenters. The van der Waals surface area contributed by atoms with E-state index in [1.165, 1.54) is 0 Å². The number of nitrogens with two attached hydrogens (primary N) is 1. The maximum absolute atomic E-state index is 12.1. The van der Waals surface area contributed by atoms with Gasteiger partial charge in [0.15, 0.2) is 0 Å². The second kappa shape index (κ2) is 9.05. The Hall–Kier alpha value is -2.33. The summed E-state index contributed by atoms with van der Waals surface area (Å²) >= 11 is 12.3. The fourth-order valence-corrected chi connectivity index (χ4v) is 3.11. The summed E-state index contributed by atoms with van der Waals surface area (Å²) in [5.74, 6) is -0.416. The Balaban J connectivity index is 1.60. The maximum atomic E-state index is 12.1. The molecular formula is C22H19Cl2NO2. The van der Waals surface area contributed by atoms with E-state index in [1.54, 1.807) is 12.1 Å². The van der Waals surface area contributed by atoms with E-state index in [0.717, 1.165) is 22.3 Å². The molecule has 0 spiro atoms. The van der Waals surface area contributed by atoms with Gasteiger partial charge in [0, 0.05) is 15.6 Å². The number of carbonyl (C=O) groups excluding carboxylic acids is 1. The molecule has 5 heteroatoms. The minimum absolute atomic E-state index is 0.222. The van der Waals surface area contributed by atoms with Crippen molar-refractivity contribution in [3.8, 4) is 11.1 Å². The summed E-state index contributed by atoms with van der Waals surface area (Å²) in [6.07, 6.45) is 0.400. The zero-order valence-electron chi connectivity index (χ0n) is 14.6. The third-order valence-corrected chi connectivity index (χ3v) is 4.74. The molecule has 0 fully saturated rings. The number of carbonyl (C=O) groups is 1. The first-order valence-electron chi connectivity index (χ1n) is 8.53. The van der Waals surface area contributed by atoms with Crippen molar-refractivity contribution in [1.29, 1.82) is 0 Å². The minimum atomic E-state index is -0.714. The van der Waals surface area contributed by atoms with Gasteiger partial charge in [-0.3, -0.25) is 4.79 Å². The fourth-order valence-electron chi connectivity index (χ4n) is 2.71. The van der Waals surface area contributed by atoms with Crippen LogP contribution in [0.25, 0.3) is 11.1 Å². The van der Waals surface area contributed by atoms with Crippen molar-refractivity contribution in [2.45, 2.75) is 19.1 Å². The van der Waals surface area contributed by atoms with Crippen LogP contribution >= 0.6 is 23.2 Å². The van der Waals surface area contributed by atoms with Crippen LogP contribution in [0.2, 0.25) is 10.0 Å². The van der Waals surface area contributed by atoms with Crippen molar-refractivity contribution in [2.24, 2.45) is 5.73 Å². The molecule has 27 heavy (non-hydrogen) atoms. The van der Waals surface area contributed by atoms with Gasteiger partial charge in [0.05, 0.1) is 0 Å². The number of halogens is 2. The van der Waals surface area contributed by atoms with Crippen molar-refractivity contribution >= 4 is 29.2 Å². The van der Waals surface area contributed by atoms with E-state index in [9.17, 15) is 4.79 Å². The normalized spacial score (nSPS) is 11.8. The van der Waals surface area contributed by atoms with Gasteiger partial charge in [0.25, 0.3) is 0 Å². The van der Waals surface area contributed by atoms with E-state index in [-0.39, 0.29) is 6.61 Å². The maximum Gasteiger partial charge on any atom is 0.323 e. The monoisotopic (exact) mass is 399 g/mol. The molecule has 1 unspecified atom stereocenters. The predicted molar refractivity (Wildman–Crippen MR) is 110 cm³/mol. The van der Waals surface area contributed by atoms with Crippen LogP contribution in [0.3, 0.4) is 0 Å². The first kappa shape index (κ1) is 19.4. The molecule has 0 amide bonds. The third-order valence-electron chi connectivity index (χ3n) is 4.18. The quantitative estimate of drug-likeness (QED) is 0.574. The minimum Gasteiger partial charge on any atom is -0.460 e. The summed E-state index contributed by atoms with van der Waals surface area (Å²) in [5.41, 5.74) is 9.68. The van der Waals surface area contributed by atoms with Crippen LogP contribution in [0.5, 0.6) is 0 Å². The van der Waals surface area contributed by atoms with Gasteiger partial charge in [-0.2, -0.15) is 0 Å². The smallest absolute Gasteiger partial charge is 0.323 e. The molecule has 0 aliphatic rings. The standard InChI is InChI=1S/C22H19Cl2NO2/c23-18-10-11-20(24)19(13-18)17-8-6-15(7-9-17)12-21(25)22(26)27-14-16-4-2-1-3-5-16/h1-11,13,21H,12,14,25H2. The molecule has 0 aliphatic carbocycles. The van der Waals surface area contributed by atoms with Gasteiger partial charge in [-0.25, -0.2) is 0 Å². The topological polar surface area (TPSA) is 52.3 Å². The summed E-state index contributed by atoms with van der Waals surface area (Å²) in [5, 5.41) is 1.26. The van der Waals surface area contributed by atoms with Gasteiger partial charge in [0.2, 0.25) is 0 Å². The summed E-state index contributed by atoms with van der Waals surface area (Å²) in [6, 6.07) is 21.9. The first-order chi connectivity index (χ1) is 13.0. The molecule has 3 aromatic carbocycles. The second-order valence-corrected chi connectivity index (χ2v) is 7.07. The van der Waals surface area contributed by atoms with Gasteiger partial charge < -0.3 is 10.5 Å². The lowest BCUT2D eigenvalue weighted by molar-refractivity contribution is -0.146. The average molecular weight is 400 g/mol. The van der Waals surface area contributed by atoms with E-state index in [0.29, 0.717) is 16.5 Å². The summed E-state index contributed by atoms with van der Waals surface area (Å²) in [4.78, 5) is 12.1. The van der Waals surface area contributed by atoms with Crippen LogP contribution in [0.4, 0.5) is 0 Å². The summed E-state index contributed by atoms with van der Waals surface area (Å²) in [6.45, 7) is 0.222. The summed E-state index contributed by atoms with van der Waals surface area (Å²) in [7, 11) is 0. The van der Waals surface area contributed by atoms with E-state index < -0.39 is 12.0 Å². The van der Waals surface area contributed by atoms with Crippen LogP contribution in [0.15, 0.2) is 72.8 Å². The lowest BCUT2D eigenvalue weighted by Crippen LogP contribution is -2.34. The molecule has 0 heterocycles. The van der Waals surface area contributed by atoms with Crippen LogP contribution in [0, 0.1) is 0 Å². The molecular weight excluding hydrogens is 381 g/mol. The van der Waals surface area contributed by atoms with Crippen molar-refractivity contribution in [1.82, 2.24) is 0 Å². The molecule has 138 valence electrons. The lowest BCUT2D eigenvalue weighted by Gasteiger charge is -2.12. The van der Waals surface area contributed by atoms with Crippen LogP contribution < -0.4 is 5.73 Å². The highest BCUT2D eigenvalue weighted by molar-refractivity contribution is 6.35. The first-order valence-corrected chi connectivity index (χ1v) is 9.29. The number of hydrogen-bond acceptors (Lipinski definition) is 3.